The number of nitrogens with two attached hydrogens (primary N) is 1. The van der Waals surface area contributed by atoms with Crippen molar-refractivity contribution in [1.29, 1.82) is 0 Å². The van der Waals surface area contributed by atoms with Gasteiger partial charge >= 0.3 is 11.7 Å². The second kappa shape index (κ2) is 10.8. The summed E-state index contributed by atoms with van der Waals surface area (Å²) >= 11 is 0. The number of carbonyl (C=O) groups is 3. The lowest BCUT2D eigenvalue weighted by atomic mass is 9.96. The van der Waals surface area contributed by atoms with Crippen molar-refractivity contribution in [3.8, 4) is 0 Å². The van der Waals surface area contributed by atoms with E-state index in [2.05, 4.69) is 20.6 Å². The van der Waals surface area contributed by atoms with Crippen molar-refractivity contribution in [3.63, 3.8) is 0 Å². The standard InChI is InChI=1S/C32H27N7O7/c33-25-26(28(41)27(25)40)38-8-7-16-2-1-15(9-19(16)14-38)12-34-30(43)23-11-22(36-24-13-35-32(46)39(23)24)29(42)37-21-6-4-17-10-18(31(44)45)3-5-20(17)21/h1-3,5,9-11,13,21H,4,6-8,12,14,33H2,(H,34,43)(H,35,46)(H,37,42)(H,44,45)/t21-/m0/s1. The highest BCUT2D eigenvalue weighted by Gasteiger charge is 2.28. The van der Waals surface area contributed by atoms with E-state index in [-0.39, 0.29) is 46.6 Å². The number of aromatic nitrogens is 3. The van der Waals surface area contributed by atoms with Crippen molar-refractivity contribution in [2.75, 3.05) is 17.2 Å². The maximum absolute atomic E-state index is 13.4. The van der Waals surface area contributed by atoms with Crippen LogP contribution in [0.15, 0.2) is 63.0 Å². The Labute approximate surface area is 259 Å². The van der Waals surface area contributed by atoms with Gasteiger partial charge in [0.2, 0.25) is 0 Å². The number of aromatic amines is 1. The van der Waals surface area contributed by atoms with E-state index < -0.39 is 34.3 Å². The third-order valence-corrected chi connectivity index (χ3v) is 8.72. The third-order valence-electron chi connectivity index (χ3n) is 8.72. The molecule has 2 aliphatic rings. The molecule has 14 heteroatoms. The number of amides is 2. The molecule has 0 radical (unpaired) electrons. The lowest BCUT2D eigenvalue weighted by Crippen LogP contribution is -2.44. The van der Waals surface area contributed by atoms with Gasteiger partial charge in [0, 0.05) is 25.8 Å². The van der Waals surface area contributed by atoms with Crippen molar-refractivity contribution in [2.24, 2.45) is 0 Å². The molecule has 14 nitrogen and oxygen atoms in total. The maximum atomic E-state index is 13.4. The summed E-state index contributed by atoms with van der Waals surface area (Å²) in [5, 5.41) is 15.0. The smallest absolute Gasteiger partial charge is 0.335 e. The van der Waals surface area contributed by atoms with Gasteiger partial charge < -0.3 is 31.4 Å². The van der Waals surface area contributed by atoms with Gasteiger partial charge in [0.15, 0.2) is 5.65 Å². The van der Waals surface area contributed by atoms with E-state index in [0.29, 0.717) is 32.4 Å². The Morgan fingerprint density at radius 2 is 1.80 bits per heavy atom. The van der Waals surface area contributed by atoms with Crippen LogP contribution in [0.4, 0.5) is 11.4 Å². The predicted molar refractivity (Wildman–Crippen MR) is 166 cm³/mol. The summed E-state index contributed by atoms with van der Waals surface area (Å²) in [6.07, 6.45) is 3.14. The van der Waals surface area contributed by atoms with Gasteiger partial charge in [-0.1, -0.05) is 24.3 Å². The van der Waals surface area contributed by atoms with Gasteiger partial charge in [-0.2, -0.15) is 0 Å². The molecule has 3 heterocycles. The van der Waals surface area contributed by atoms with Gasteiger partial charge in [-0.05, 0) is 65.3 Å². The highest BCUT2D eigenvalue weighted by atomic mass is 16.4. The first kappa shape index (κ1) is 28.7. The molecule has 0 saturated heterocycles. The van der Waals surface area contributed by atoms with Crippen LogP contribution in [-0.4, -0.2) is 43.8 Å². The zero-order valence-electron chi connectivity index (χ0n) is 24.3. The SMILES string of the molecule is Nc1c(N2CCc3ccc(CNC(=O)c4cc(C(=O)N[C@H]5CCc6cc(C(=O)O)ccc65)nc5c[nH]c(=O)n45)cc3C2)c(=O)c1=O. The zero-order chi connectivity index (χ0) is 32.3. The number of imidazole rings is 1. The Bertz CT molecular complexity index is 2240. The number of carboxylic acids is 1. The summed E-state index contributed by atoms with van der Waals surface area (Å²) < 4.78 is 1.09. The minimum absolute atomic E-state index is 0.0176. The number of aromatic carboxylic acids is 1. The Kier molecular flexibility index (Phi) is 6.76. The molecule has 6 N–H and O–H groups in total. The number of benzene rings is 2. The van der Waals surface area contributed by atoms with Crippen LogP contribution in [0.25, 0.3) is 5.65 Å². The maximum Gasteiger partial charge on any atom is 0.335 e. The molecule has 0 unspecified atom stereocenters. The van der Waals surface area contributed by atoms with Gasteiger partial charge in [0.25, 0.3) is 22.7 Å². The van der Waals surface area contributed by atoms with Crippen LogP contribution in [0.1, 0.15) is 71.6 Å². The summed E-state index contributed by atoms with van der Waals surface area (Å²) in [6, 6.07) is 11.4. The minimum atomic E-state index is -1.03. The molecule has 232 valence electrons. The van der Waals surface area contributed by atoms with Crippen LogP contribution < -0.4 is 37.8 Å². The number of fused-ring (bicyclic) bond motifs is 3. The van der Waals surface area contributed by atoms with Crippen LogP contribution in [0.2, 0.25) is 0 Å². The highest BCUT2D eigenvalue weighted by Crippen LogP contribution is 2.32. The lowest BCUT2D eigenvalue weighted by Gasteiger charge is -2.32. The van der Waals surface area contributed by atoms with Crippen molar-refractivity contribution in [1.82, 2.24) is 25.0 Å². The average Bonchev–Trinajstić information content (AvgIpc) is 3.65. The van der Waals surface area contributed by atoms with Crippen LogP contribution in [0.3, 0.4) is 0 Å². The monoisotopic (exact) mass is 621 g/mol. The number of nitrogens with one attached hydrogen (secondary N) is 3. The number of aryl methyl sites for hydroxylation is 1. The Hall–Kier alpha value is -6.05. The Morgan fingerprint density at radius 3 is 2.59 bits per heavy atom. The number of carbonyl (C=O) groups excluding carboxylic acids is 2. The van der Waals surface area contributed by atoms with Crippen molar-refractivity contribution >= 4 is 34.8 Å². The van der Waals surface area contributed by atoms with Crippen molar-refractivity contribution < 1.29 is 19.5 Å². The number of nitrogen functional groups attached to an aromatic ring is 1. The predicted octanol–water partition coefficient (Wildman–Crippen LogP) is 0.809. The fraction of sp³-hybridized carbons (Fsp3) is 0.219. The molecule has 1 aliphatic heterocycles. The number of carboxylic acid groups (broad SMARTS) is 1. The van der Waals surface area contributed by atoms with Crippen molar-refractivity contribution in [2.45, 2.75) is 38.4 Å². The number of hydrogen-bond donors (Lipinski definition) is 5. The lowest BCUT2D eigenvalue weighted by molar-refractivity contribution is 0.0696. The first-order valence-corrected chi connectivity index (χ1v) is 14.6. The molecule has 7 rings (SSSR count). The van der Waals surface area contributed by atoms with E-state index in [1.165, 1.54) is 18.3 Å². The fourth-order valence-electron chi connectivity index (χ4n) is 6.34. The van der Waals surface area contributed by atoms with E-state index in [4.69, 9.17) is 5.73 Å². The molecular weight excluding hydrogens is 594 g/mol. The van der Waals surface area contributed by atoms with E-state index in [1.54, 1.807) is 17.0 Å². The largest absolute Gasteiger partial charge is 0.478 e. The highest BCUT2D eigenvalue weighted by molar-refractivity contribution is 5.98. The molecule has 2 amide bonds. The number of anilines is 2. The van der Waals surface area contributed by atoms with Gasteiger partial charge in [0.1, 0.15) is 22.8 Å². The average molecular weight is 622 g/mol. The van der Waals surface area contributed by atoms with Gasteiger partial charge in [-0.3, -0.25) is 19.2 Å². The summed E-state index contributed by atoms with van der Waals surface area (Å²) in [7, 11) is 0. The van der Waals surface area contributed by atoms with E-state index >= 15 is 0 Å². The van der Waals surface area contributed by atoms with Crippen LogP contribution in [0, 0.1) is 0 Å². The summed E-state index contributed by atoms with van der Waals surface area (Å²) in [5.41, 5.74) is 8.72. The van der Waals surface area contributed by atoms with Crippen LogP contribution >= 0.6 is 0 Å². The Morgan fingerprint density at radius 1 is 0.978 bits per heavy atom. The number of H-pyrrole nitrogens is 1. The molecule has 5 aromatic rings. The molecule has 0 fully saturated rings. The number of rotatable bonds is 7. The second-order valence-corrected chi connectivity index (χ2v) is 11.5. The number of nitrogens with zero attached hydrogens (tertiary/aromatic N) is 3. The minimum Gasteiger partial charge on any atom is -0.478 e. The molecule has 0 spiro atoms. The van der Waals surface area contributed by atoms with E-state index in [1.807, 2.05) is 18.2 Å². The van der Waals surface area contributed by atoms with E-state index in [9.17, 15) is 33.9 Å². The third kappa shape index (κ3) is 4.80. The summed E-state index contributed by atoms with van der Waals surface area (Å²) in [4.78, 5) is 82.9. The van der Waals surface area contributed by atoms with Gasteiger partial charge in [0.05, 0.1) is 11.6 Å². The van der Waals surface area contributed by atoms with E-state index in [0.717, 1.165) is 32.2 Å². The van der Waals surface area contributed by atoms with Crippen LogP contribution in [0.5, 0.6) is 0 Å². The summed E-state index contributed by atoms with van der Waals surface area (Å²) in [5.74, 6) is -2.18. The van der Waals surface area contributed by atoms with Crippen molar-refractivity contribution in [3.05, 3.63) is 124 Å². The molecule has 0 bridgehead atoms. The van der Waals surface area contributed by atoms with Gasteiger partial charge in [-0.15, -0.1) is 0 Å². The first-order valence-electron chi connectivity index (χ1n) is 14.6. The number of hydrogen-bond acceptors (Lipinski definition) is 9. The fourth-order valence-corrected chi connectivity index (χ4v) is 6.34. The quantitative estimate of drug-likeness (QED) is 0.162. The topological polar surface area (TPSA) is 209 Å². The molecule has 0 saturated carbocycles. The summed E-state index contributed by atoms with van der Waals surface area (Å²) in [6.45, 7) is 1.05. The molecule has 46 heavy (non-hydrogen) atoms. The van der Waals surface area contributed by atoms with Gasteiger partial charge in [-0.25, -0.2) is 19.0 Å². The normalized spacial score (nSPS) is 15.5. The molecule has 1 atom stereocenters. The second-order valence-electron chi connectivity index (χ2n) is 11.5. The molecular formula is C32H27N7O7. The molecule has 2 aromatic heterocycles. The zero-order valence-corrected chi connectivity index (χ0v) is 24.3. The first-order chi connectivity index (χ1) is 22.1. The molecule has 3 aromatic carbocycles. The van der Waals surface area contributed by atoms with Crippen LogP contribution in [-0.2, 0) is 25.9 Å². The molecule has 1 aliphatic carbocycles. The Balaban J connectivity index is 1.09.